The van der Waals surface area contributed by atoms with Crippen LogP contribution in [-0.2, 0) is 4.79 Å². The average Bonchev–Trinajstić information content (AvgIpc) is 2.15. The second-order valence-electron chi connectivity index (χ2n) is 5.87. The second kappa shape index (κ2) is 4.99. The number of carbonyl (C=O) groups is 1. The minimum atomic E-state index is 0.104. The third-order valence-corrected chi connectivity index (χ3v) is 3.61. The van der Waals surface area contributed by atoms with Gasteiger partial charge >= 0.3 is 0 Å². The SMILES string of the molecule is CC1=CCCC(C)(C)C1/C=C/C(=O)C(C)C. The van der Waals surface area contributed by atoms with Gasteiger partial charge in [0.2, 0.25) is 0 Å². The fraction of sp³-hybridized carbons (Fsp3) is 0.667. The van der Waals surface area contributed by atoms with Gasteiger partial charge in [-0.25, -0.2) is 0 Å². The minimum Gasteiger partial charge on any atom is -0.295 e. The Bertz CT molecular complexity index is 318. The highest BCUT2D eigenvalue weighted by atomic mass is 16.1. The molecule has 0 bridgehead atoms. The Morgan fingerprint density at radius 1 is 1.50 bits per heavy atom. The first-order chi connectivity index (χ1) is 7.34. The summed E-state index contributed by atoms with van der Waals surface area (Å²) in [5.74, 6) is 0.755. The van der Waals surface area contributed by atoms with Crippen LogP contribution in [0.5, 0.6) is 0 Å². The predicted octanol–water partition coefficient (Wildman–Crippen LogP) is 4.15. The van der Waals surface area contributed by atoms with Gasteiger partial charge in [0.05, 0.1) is 0 Å². The van der Waals surface area contributed by atoms with Crippen LogP contribution < -0.4 is 0 Å². The lowest BCUT2D eigenvalue weighted by Crippen LogP contribution is -2.26. The maximum atomic E-state index is 11.6. The Kier molecular flexibility index (Phi) is 4.12. The summed E-state index contributed by atoms with van der Waals surface area (Å²) in [4.78, 5) is 11.6. The number of rotatable bonds is 3. The summed E-state index contributed by atoms with van der Waals surface area (Å²) in [6.45, 7) is 10.6. The van der Waals surface area contributed by atoms with Gasteiger partial charge in [-0.2, -0.15) is 0 Å². The summed E-state index contributed by atoms with van der Waals surface area (Å²) >= 11 is 0. The van der Waals surface area contributed by atoms with Crippen molar-refractivity contribution in [1.29, 1.82) is 0 Å². The van der Waals surface area contributed by atoms with Crippen molar-refractivity contribution in [3.63, 3.8) is 0 Å². The van der Waals surface area contributed by atoms with Gasteiger partial charge in [0, 0.05) is 11.8 Å². The molecule has 16 heavy (non-hydrogen) atoms. The van der Waals surface area contributed by atoms with Crippen LogP contribution in [0, 0.1) is 17.3 Å². The number of carbonyl (C=O) groups excluding carboxylic acids is 1. The Morgan fingerprint density at radius 2 is 2.12 bits per heavy atom. The van der Waals surface area contributed by atoms with Crippen molar-refractivity contribution in [2.75, 3.05) is 0 Å². The average molecular weight is 220 g/mol. The highest BCUT2D eigenvalue weighted by Crippen LogP contribution is 2.41. The number of hydrogen-bond donors (Lipinski definition) is 0. The van der Waals surface area contributed by atoms with Crippen LogP contribution in [0.4, 0.5) is 0 Å². The second-order valence-corrected chi connectivity index (χ2v) is 5.87. The van der Waals surface area contributed by atoms with Gasteiger partial charge < -0.3 is 0 Å². The normalized spacial score (nSPS) is 24.9. The topological polar surface area (TPSA) is 17.1 Å². The third-order valence-electron chi connectivity index (χ3n) is 3.61. The molecule has 0 spiro atoms. The van der Waals surface area contributed by atoms with E-state index in [4.69, 9.17) is 0 Å². The quantitative estimate of drug-likeness (QED) is 0.516. The van der Waals surface area contributed by atoms with Crippen LogP contribution in [0.2, 0.25) is 0 Å². The Hall–Kier alpha value is -0.850. The van der Waals surface area contributed by atoms with E-state index in [2.05, 4.69) is 32.9 Å². The van der Waals surface area contributed by atoms with Crippen molar-refractivity contribution in [3.8, 4) is 0 Å². The standard InChI is InChI=1S/C15H24O/c1-11(2)14(16)9-8-13-12(3)7-6-10-15(13,4)5/h7-9,11,13H,6,10H2,1-5H3/b9-8+. The minimum absolute atomic E-state index is 0.104. The van der Waals surface area contributed by atoms with Crippen LogP contribution in [0.1, 0.15) is 47.5 Å². The molecule has 1 aliphatic carbocycles. The highest BCUT2D eigenvalue weighted by Gasteiger charge is 2.30. The first kappa shape index (κ1) is 13.2. The van der Waals surface area contributed by atoms with E-state index in [0.29, 0.717) is 5.92 Å². The maximum Gasteiger partial charge on any atom is 0.157 e. The van der Waals surface area contributed by atoms with Gasteiger partial charge in [0.15, 0.2) is 5.78 Å². The summed E-state index contributed by atoms with van der Waals surface area (Å²) in [5, 5.41) is 0. The molecule has 0 amide bonds. The van der Waals surface area contributed by atoms with Crippen LogP contribution in [0.15, 0.2) is 23.8 Å². The molecule has 0 saturated heterocycles. The molecule has 0 fully saturated rings. The van der Waals surface area contributed by atoms with Crippen molar-refractivity contribution in [1.82, 2.24) is 0 Å². The zero-order chi connectivity index (χ0) is 12.3. The monoisotopic (exact) mass is 220 g/mol. The van der Waals surface area contributed by atoms with Crippen LogP contribution in [0.25, 0.3) is 0 Å². The third kappa shape index (κ3) is 3.07. The Labute approximate surface area is 99.6 Å². The van der Waals surface area contributed by atoms with Gasteiger partial charge in [-0.15, -0.1) is 0 Å². The largest absolute Gasteiger partial charge is 0.295 e. The molecule has 1 unspecified atom stereocenters. The van der Waals surface area contributed by atoms with E-state index in [-0.39, 0.29) is 17.1 Å². The fourth-order valence-electron chi connectivity index (χ4n) is 2.37. The lowest BCUT2D eigenvalue weighted by molar-refractivity contribution is -0.117. The lowest BCUT2D eigenvalue weighted by Gasteiger charge is -2.36. The molecule has 0 heterocycles. The molecule has 1 atom stereocenters. The molecule has 1 nitrogen and oxygen atoms in total. The van der Waals surface area contributed by atoms with Crippen molar-refractivity contribution in [3.05, 3.63) is 23.8 Å². The molecule has 0 aromatic carbocycles. The van der Waals surface area contributed by atoms with Gasteiger partial charge in [-0.05, 0) is 31.3 Å². The zero-order valence-electron chi connectivity index (χ0n) is 11.2. The van der Waals surface area contributed by atoms with E-state index in [1.165, 1.54) is 18.4 Å². The zero-order valence-corrected chi connectivity index (χ0v) is 11.2. The number of ketones is 1. The van der Waals surface area contributed by atoms with E-state index in [9.17, 15) is 4.79 Å². The summed E-state index contributed by atoms with van der Waals surface area (Å²) in [7, 11) is 0. The number of hydrogen-bond acceptors (Lipinski definition) is 1. The van der Waals surface area contributed by atoms with E-state index >= 15 is 0 Å². The van der Waals surface area contributed by atoms with Gasteiger partial charge in [-0.3, -0.25) is 4.79 Å². The molecular formula is C15H24O. The number of allylic oxidation sites excluding steroid dienone is 4. The summed E-state index contributed by atoms with van der Waals surface area (Å²) in [6, 6.07) is 0. The predicted molar refractivity (Wildman–Crippen MR) is 69.2 cm³/mol. The van der Waals surface area contributed by atoms with E-state index in [0.717, 1.165) is 0 Å². The van der Waals surface area contributed by atoms with Crippen LogP contribution >= 0.6 is 0 Å². The molecule has 0 radical (unpaired) electrons. The first-order valence-electron chi connectivity index (χ1n) is 6.23. The molecule has 90 valence electrons. The molecule has 1 aliphatic rings. The molecule has 0 aliphatic heterocycles. The van der Waals surface area contributed by atoms with Gasteiger partial charge in [0.1, 0.15) is 0 Å². The molecule has 0 aromatic rings. The van der Waals surface area contributed by atoms with Crippen molar-refractivity contribution >= 4 is 5.78 Å². The van der Waals surface area contributed by atoms with E-state index in [1.807, 2.05) is 13.8 Å². The highest BCUT2D eigenvalue weighted by molar-refractivity contribution is 5.91. The molecular weight excluding hydrogens is 196 g/mol. The van der Waals surface area contributed by atoms with Crippen LogP contribution in [-0.4, -0.2) is 5.78 Å². The molecule has 1 rings (SSSR count). The van der Waals surface area contributed by atoms with Crippen LogP contribution in [0.3, 0.4) is 0 Å². The van der Waals surface area contributed by atoms with Crippen molar-refractivity contribution in [2.24, 2.45) is 17.3 Å². The van der Waals surface area contributed by atoms with Crippen molar-refractivity contribution < 1.29 is 4.79 Å². The summed E-state index contributed by atoms with van der Waals surface area (Å²) < 4.78 is 0. The Morgan fingerprint density at radius 3 is 2.62 bits per heavy atom. The molecule has 0 aromatic heterocycles. The van der Waals surface area contributed by atoms with Crippen molar-refractivity contribution in [2.45, 2.75) is 47.5 Å². The fourth-order valence-corrected chi connectivity index (χ4v) is 2.37. The summed E-state index contributed by atoms with van der Waals surface area (Å²) in [5.41, 5.74) is 1.69. The van der Waals surface area contributed by atoms with E-state index < -0.39 is 0 Å². The van der Waals surface area contributed by atoms with Gasteiger partial charge in [-0.1, -0.05) is 45.4 Å². The summed E-state index contributed by atoms with van der Waals surface area (Å²) in [6.07, 6.45) is 8.56. The molecule has 0 N–H and O–H groups in total. The Balaban J connectivity index is 2.81. The smallest absolute Gasteiger partial charge is 0.157 e. The van der Waals surface area contributed by atoms with Gasteiger partial charge in [0.25, 0.3) is 0 Å². The molecule has 0 saturated carbocycles. The van der Waals surface area contributed by atoms with E-state index in [1.54, 1.807) is 6.08 Å². The first-order valence-corrected chi connectivity index (χ1v) is 6.23. The lowest BCUT2D eigenvalue weighted by atomic mass is 9.68. The molecule has 1 heteroatoms. The maximum absolute atomic E-state index is 11.6.